The van der Waals surface area contributed by atoms with Crippen LogP contribution in [0.1, 0.15) is 6.92 Å². The van der Waals surface area contributed by atoms with Gasteiger partial charge in [0.2, 0.25) is 0 Å². The molecule has 42 valence electrons. The lowest BCUT2D eigenvalue weighted by molar-refractivity contribution is 0.397. The Hall–Kier alpha value is 0.350. The van der Waals surface area contributed by atoms with Gasteiger partial charge in [-0.2, -0.15) is 0 Å². The summed E-state index contributed by atoms with van der Waals surface area (Å²) in [6.07, 6.45) is 0. The monoisotopic (exact) mass is 119 g/mol. The molecule has 0 amide bonds. The minimum atomic E-state index is 0.633. The molecule has 0 spiro atoms. The second-order valence-corrected chi connectivity index (χ2v) is 2.62. The van der Waals surface area contributed by atoms with Gasteiger partial charge >= 0.3 is 0 Å². The van der Waals surface area contributed by atoms with E-state index in [0.717, 1.165) is 19.7 Å². The number of hydrogen-bond acceptors (Lipinski definition) is 2. The van der Waals surface area contributed by atoms with Crippen LogP contribution in [-0.2, 0) is 4.52 Å². The van der Waals surface area contributed by atoms with Crippen molar-refractivity contribution in [3.63, 3.8) is 0 Å². The van der Waals surface area contributed by atoms with Gasteiger partial charge in [-0.15, -0.1) is 0 Å². The third-order valence-electron chi connectivity index (χ3n) is 1.04. The van der Waals surface area contributed by atoms with Crippen LogP contribution in [-0.4, -0.2) is 24.4 Å². The van der Waals surface area contributed by atoms with Crippen LogP contribution in [0.2, 0.25) is 0 Å². The zero-order chi connectivity index (χ0) is 5.11. The van der Waals surface area contributed by atoms with Crippen LogP contribution >= 0.6 is 8.96 Å². The highest BCUT2D eigenvalue weighted by atomic mass is 31.1. The summed E-state index contributed by atoms with van der Waals surface area (Å²) < 4.78 is 7.39. The van der Waals surface area contributed by atoms with Gasteiger partial charge in [-0.05, 0) is 0 Å². The van der Waals surface area contributed by atoms with Gasteiger partial charge in [0.05, 0.1) is 15.6 Å². The molecular formula is C4H10NOP. The summed E-state index contributed by atoms with van der Waals surface area (Å²) in [5, 5.41) is 0. The summed E-state index contributed by atoms with van der Waals surface area (Å²) in [5.41, 5.74) is 0. The average Bonchev–Trinajstić information content (AvgIpc) is 2.14. The van der Waals surface area contributed by atoms with Crippen molar-refractivity contribution >= 4 is 8.96 Å². The minimum Gasteiger partial charge on any atom is -0.345 e. The summed E-state index contributed by atoms with van der Waals surface area (Å²) in [4.78, 5) is 0. The Labute approximate surface area is 45.8 Å². The highest BCUT2D eigenvalue weighted by molar-refractivity contribution is 7.29. The quantitative estimate of drug-likeness (QED) is 0.474. The van der Waals surface area contributed by atoms with E-state index < -0.39 is 0 Å². The predicted octanol–water partition coefficient (Wildman–Crippen LogP) is 0.847. The summed E-state index contributed by atoms with van der Waals surface area (Å²) in [6.45, 7) is 5.36. The Kier molecular flexibility index (Phi) is 2.04. The Morgan fingerprint density at radius 2 is 2.71 bits per heavy atom. The molecule has 7 heavy (non-hydrogen) atoms. The second kappa shape index (κ2) is 2.61. The average molecular weight is 119 g/mol. The molecule has 0 aromatic heterocycles. The topological polar surface area (TPSA) is 12.5 Å². The molecule has 1 aliphatic rings. The van der Waals surface area contributed by atoms with Gasteiger partial charge in [0.15, 0.2) is 0 Å². The molecule has 1 atom stereocenters. The molecule has 0 saturated carbocycles. The molecule has 2 nitrogen and oxygen atoms in total. The van der Waals surface area contributed by atoms with E-state index in [-0.39, 0.29) is 0 Å². The maximum Gasteiger partial charge on any atom is 0.0890 e. The van der Waals surface area contributed by atoms with E-state index in [2.05, 4.69) is 11.6 Å². The van der Waals surface area contributed by atoms with Crippen molar-refractivity contribution in [3.8, 4) is 0 Å². The maximum atomic E-state index is 5.10. The fraction of sp³-hybridized carbons (Fsp3) is 1.00. The maximum absolute atomic E-state index is 5.10. The smallest absolute Gasteiger partial charge is 0.0890 e. The van der Waals surface area contributed by atoms with Gasteiger partial charge in [0.1, 0.15) is 0 Å². The van der Waals surface area contributed by atoms with E-state index >= 15 is 0 Å². The lowest BCUT2D eigenvalue weighted by Crippen LogP contribution is -2.09. The molecule has 1 unspecified atom stereocenters. The number of likely N-dealkylation sites (N-methyl/N-ethyl adjacent to an activating group) is 1. The van der Waals surface area contributed by atoms with Crippen molar-refractivity contribution < 1.29 is 4.52 Å². The van der Waals surface area contributed by atoms with Crippen molar-refractivity contribution in [1.29, 1.82) is 0 Å². The summed E-state index contributed by atoms with van der Waals surface area (Å²) in [5.74, 6) is 0. The Morgan fingerprint density at radius 1 is 1.86 bits per heavy atom. The fourth-order valence-electron chi connectivity index (χ4n) is 0.561. The molecule has 0 radical (unpaired) electrons. The third-order valence-corrected chi connectivity index (χ3v) is 2.17. The summed E-state index contributed by atoms with van der Waals surface area (Å²) in [7, 11) is 0.633. The summed E-state index contributed by atoms with van der Waals surface area (Å²) >= 11 is 0. The zero-order valence-electron chi connectivity index (χ0n) is 4.48. The standard InChI is InChI=1S/C4H10NOP/c1-2-5-3-4-6-7-5/h7H,2-4H2,1H3. The first kappa shape index (κ1) is 5.49. The molecule has 0 aromatic carbocycles. The van der Waals surface area contributed by atoms with E-state index in [1.807, 2.05) is 0 Å². The van der Waals surface area contributed by atoms with Crippen molar-refractivity contribution in [3.05, 3.63) is 0 Å². The number of hydrogen-bond donors (Lipinski definition) is 0. The minimum absolute atomic E-state index is 0.633. The van der Waals surface area contributed by atoms with E-state index in [1.54, 1.807) is 0 Å². The first-order chi connectivity index (χ1) is 3.43. The van der Waals surface area contributed by atoms with Gasteiger partial charge in [0, 0.05) is 13.1 Å². The molecule has 1 heterocycles. The highest BCUT2D eigenvalue weighted by Crippen LogP contribution is 2.23. The van der Waals surface area contributed by atoms with Crippen LogP contribution in [0, 0.1) is 0 Å². The first-order valence-corrected chi connectivity index (χ1v) is 3.41. The van der Waals surface area contributed by atoms with Crippen LogP contribution in [0.25, 0.3) is 0 Å². The van der Waals surface area contributed by atoms with E-state index in [0.29, 0.717) is 8.96 Å². The molecular weight excluding hydrogens is 109 g/mol. The van der Waals surface area contributed by atoms with Crippen molar-refractivity contribution in [2.75, 3.05) is 19.7 Å². The summed E-state index contributed by atoms with van der Waals surface area (Å²) in [6, 6.07) is 0. The van der Waals surface area contributed by atoms with Gasteiger partial charge < -0.3 is 4.52 Å². The van der Waals surface area contributed by atoms with E-state index in [1.165, 1.54) is 0 Å². The van der Waals surface area contributed by atoms with E-state index in [9.17, 15) is 0 Å². The van der Waals surface area contributed by atoms with Gasteiger partial charge in [-0.3, -0.25) is 4.67 Å². The zero-order valence-corrected chi connectivity index (χ0v) is 5.48. The lowest BCUT2D eigenvalue weighted by atomic mass is 10.6. The predicted molar refractivity (Wildman–Crippen MR) is 31.5 cm³/mol. The van der Waals surface area contributed by atoms with Crippen molar-refractivity contribution in [2.45, 2.75) is 6.92 Å². The van der Waals surface area contributed by atoms with Gasteiger partial charge in [0.25, 0.3) is 0 Å². The molecule has 0 aromatic rings. The number of rotatable bonds is 1. The normalized spacial score (nSPS) is 27.0. The molecule has 0 aliphatic carbocycles. The van der Waals surface area contributed by atoms with Gasteiger partial charge in [-0.1, -0.05) is 6.92 Å². The lowest BCUT2D eigenvalue weighted by Gasteiger charge is -2.05. The molecule has 0 bridgehead atoms. The molecule has 1 fully saturated rings. The van der Waals surface area contributed by atoms with Crippen LogP contribution in [0.4, 0.5) is 0 Å². The fourth-order valence-corrected chi connectivity index (χ4v) is 1.24. The second-order valence-electron chi connectivity index (χ2n) is 1.52. The largest absolute Gasteiger partial charge is 0.345 e. The van der Waals surface area contributed by atoms with Crippen LogP contribution in [0.15, 0.2) is 0 Å². The SMILES string of the molecule is CCN1CCOP1. The Bertz CT molecular complexity index is 53.7. The molecule has 1 rings (SSSR count). The highest BCUT2D eigenvalue weighted by Gasteiger charge is 2.07. The Balaban J connectivity index is 2.14. The van der Waals surface area contributed by atoms with Crippen molar-refractivity contribution in [2.24, 2.45) is 0 Å². The molecule has 1 aliphatic heterocycles. The number of nitrogens with zero attached hydrogens (tertiary/aromatic N) is 1. The van der Waals surface area contributed by atoms with Crippen LogP contribution in [0.5, 0.6) is 0 Å². The van der Waals surface area contributed by atoms with Crippen LogP contribution in [0.3, 0.4) is 0 Å². The molecule has 0 N–H and O–H groups in total. The van der Waals surface area contributed by atoms with Crippen LogP contribution < -0.4 is 0 Å². The Morgan fingerprint density at radius 3 is 3.00 bits per heavy atom. The molecule has 3 heteroatoms. The van der Waals surface area contributed by atoms with Crippen molar-refractivity contribution in [1.82, 2.24) is 4.67 Å². The van der Waals surface area contributed by atoms with Gasteiger partial charge in [-0.25, -0.2) is 0 Å². The van der Waals surface area contributed by atoms with E-state index in [4.69, 9.17) is 4.52 Å². The molecule has 1 saturated heterocycles. The third kappa shape index (κ3) is 1.37. The first-order valence-electron chi connectivity index (χ1n) is 2.56.